The summed E-state index contributed by atoms with van der Waals surface area (Å²) >= 11 is 4.98. The van der Waals surface area contributed by atoms with E-state index in [1.807, 2.05) is 30.5 Å². The van der Waals surface area contributed by atoms with Crippen molar-refractivity contribution in [2.75, 3.05) is 0 Å². The molecule has 0 aromatic carbocycles. The zero-order valence-electron chi connectivity index (χ0n) is 9.44. The number of Topliss-reactive ketones (excluding diaryl/α,β-unsaturated/α-hetero) is 1. The number of aromatic nitrogens is 1. The van der Waals surface area contributed by atoms with Gasteiger partial charge < -0.3 is 0 Å². The lowest BCUT2D eigenvalue weighted by atomic mass is 10.1. The summed E-state index contributed by atoms with van der Waals surface area (Å²) in [4.78, 5) is 17.4. The largest absolute Gasteiger partial charge is 0.292 e. The molecular weight excluding hydrogens is 298 g/mol. The highest BCUT2D eigenvalue weighted by Gasteiger charge is 2.13. The number of aryl methyl sites for hydroxylation is 1. The second kappa shape index (κ2) is 5.56. The van der Waals surface area contributed by atoms with Crippen LogP contribution in [0.4, 0.5) is 0 Å². The molecule has 0 bridgehead atoms. The number of halogens is 1. The van der Waals surface area contributed by atoms with Gasteiger partial charge in [0.2, 0.25) is 0 Å². The van der Waals surface area contributed by atoms with E-state index in [0.717, 1.165) is 21.3 Å². The molecule has 2 rings (SSSR count). The summed E-state index contributed by atoms with van der Waals surface area (Å²) in [7, 11) is 0. The van der Waals surface area contributed by atoms with Gasteiger partial charge in [-0.05, 0) is 40.0 Å². The van der Waals surface area contributed by atoms with Crippen molar-refractivity contribution in [3.05, 3.63) is 50.4 Å². The fourth-order valence-electron chi connectivity index (χ4n) is 1.66. The van der Waals surface area contributed by atoms with Crippen LogP contribution in [-0.4, -0.2) is 10.8 Å². The number of hydrogen-bond donors (Lipinski definition) is 0. The number of carbonyl (C=O) groups excluding carboxylic acids is 1. The lowest BCUT2D eigenvalue weighted by Crippen LogP contribution is -2.08. The van der Waals surface area contributed by atoms with Crippen molar-refractivity contribution in [1.82, 2.24) is 4.98 Å². The second-order valence-electron chi connectivity index (χ2n) is 3.70. The molecule has 2 aromatic rings. The van der Waals surface area contributed by atoms with E-state index >= 15 is 0 Å². The molecule has 0 spiro atoms. The third-order valence-corrected chi connectivity index (χ3v) is 4.19. The minimum Gasteiger partial charge on any atom is -0.292 e. The molecule has 88 valence electrons. The number of carbonyl (C=O) groups is 1. The van der Waals surface area contributed by atoms with E-state index in [1.165, 1.54) is 0 Å². The maximum absolute atomic E-state index is 12.1. The number of rotatable bonds is 4. The summed E-state index contributed by atoms with van der Waals surface area (Å²) in [5, 5.41) is 1.99. The summed E-state index contributed by atoms with van der Waals surface area (Å²) in [6, 6.07) is 5.82. The van der Waals surface area contributed by atoms with Crippen LogP contribution in [0.25, 0.3) is 0 Å². The molecule has 4 heteroatoms. The van der Waals surface area contributed by atoms with E-state index in [9.17, 15) is 4.79 Å². The van der Waals surface area contributed by atoms with E-state index in [1.54, 1.807) is 17.5 Å². The van der Waals surface area contributed by atoms with Crippen molar-refractivity contribution >= 4 is 33.0 Å². The fraction of sp³-hybridized carbons (Fsp3) is 0.231. The molecular formula is C13H12BrNOS. The van der Waals surface area contributed by atoms with Gasteiger partial charge in [0.15, 0.2) is 5.78 Å². The van der Waals surface area contributed by atoms with Crippen molar-refractivity contribution in [3.63, 3.8) is 0 Å². The van der Waals surface area contributed by atoms with Crippen LogP contribution >= 0.6 is 27.3 Å². The van der Waals surface area contributed by atoms with E-state index in [0.29, 0.717) is 12.1 Å². The third kappa shape index (κ3) is 3.01. The van der Waals surface area contributed by atoms with Crippen LogP contribution in [-0.2, 0) is 12.8 Å². The maximum atomic E-state index is 12.1. The lowest BCUT2D eigenvalue weighted by Gasteiger charge is -2.04. The summed E-state index contributed by atoms with van der Waals surface area (Å²) in [5.74, 6) is 0.0943. The molecule has 0 fully saturated rings. The van der Waals surface area contributed by atoms with Gasteiger partial charge in [0.05, 0.1) is 0 Å². The molecule has 0 N–H and O–H groups in total. The van der Waals surface area contributed by atoms with Crippen LogP contribution in [0, 0.1) is 0 Å². The van der Waals surface area contributed by atoms with Crippen LogP contribution in [0.5, 0.6) is 0 Å². The fourth-order valence-corrected chi connectivity index (χ4v) is 3.11. The van der Waals surface area contributed by atoms with Gasteiger partial charge >= 0.3 is 0 Å². The average molecular weight is 310 g/mol. The van der Waals surface area contributed by atoms with E-state index < -0.39 is 0 Å². The second-order valence-corrected chi connectivity index (χ2v) is 5.61. The number of hydrogen-bond acceptors (Lipinski definition) is 3. The summed E-state index contributed by atoms with van der Waals surface area (Å²) < 4.78 is 1.03. The van der Waals surface area contributed by atoms with Gasteiger partial charge in [-0.1, -0.05) is 13.0 Å². The smallest absolute Gasteiger partial charge is 0.186 e. The predicted octanol–water partition coefficient (Wildman–Crippen LogP) is 3.89. The molecule has 2 heterocycles. The first-order valence-corrected chi connectivity index (χ1v) is 7.08. The van der Waals surface area contributed by atoms with Crippen LogP contribution in [0.3, 0.4) is 0 Å². The number of ketones is 1. The van der Waals surface area contributed by atoms with Gasteiger partial charge in [-0.25, -0.2) is 0 Å². The van der Waals surface area contributed by atoms with Crippen molar-refractivity contribution in [2.24, 2.45) is 0 Å². The van der Waals surface area contributed by atoms with Crippen LogP contribution in [0.2, 0.25) is 0 Å². The zero-order chi connectivity index (χ0) is 12.3. The Labute approximate surface area is 113 Å². The Morgan fingerprint density at radius 1 is 1.53 bits per heavy atom. The Bertz CT molecular complexity index is 536. The van der Waals surface area contributed by atoms with Gasteiger partial charge in [-0.15, -0.1) is 11.3 Å². The van der Waals surface area contributed by atoms with Crippen LogP contribution < -0.4 is 0 Å². The molecule has 0 amide bonds. The SMILES string of the molecule is CCc1cccnc1C(=O)Cc1cc(Br)cs1. The summed E-state index contributed by atoms with van der Waals surface area (Å²) in [5.41, 5.74) is 1.63. The first kappa shape index (κ1) is 12.5. The van der Waals surface area contributed by atoms with Crippen molar-refractivity contribution in [2.45, 2.75) is 19.8 Å². The van der Waals surface area contributed by atoms with E-state index in [-0.39, 0.29) is 5.78 Å². The molecule has 17 heavy (non-hydrogen) atoms. The Hall–Kier alpha value is -1.000. The molecule has 0 saturated carbocycles. The van der Waals surface area contributed by atoms with Crippen molar-refractivity contribution < 1.29 is 4.79 Å². The van der Waals surface area contributed by atoms with Gasteiger partial charge in [-0.3, -0.25) is 9.78 Å². The Morgan fingerprint density at radius 3 is 3.00 bits per heavy atom. The highest BCUT2D eigenvalue weighted by molar-refractivity contribution is 9.10. The molecule has 0 radical (unpaired) electrons. The van der Waals surface area contributed by atoms with Gasteiger partial charge in [0.25, 0.3) is 0 Å². The molecule has 0 aliphatic rings. The molecule has 0 aliphatic heterocycles. The van der Waals surface area contributed by atoms with Gasteiger partial charge in [-0.2, -0.15) is 0 Å². The molecule has 2 nitrogen and oxygen atoms in total. The molecule has 0 unspecified atom stereocenters. The Morgan fingerprint density at radius 2 is 2.35 bits per heavy atom. The maximum Gasteiger partial charge on any atom is 0.186 e. The van der Waals surface area contributed by atoms with Crippen molar-refractivity contribution in [1.29, 1.82) is 0 Å². The van der Waals surface area contributed by atoms with Gasteiger partial charge in [0, 0.05) is 27.3 Å². The first-order valence-electron chi connectivity index (χ1n) is 5.40. The van der Waals surface area contributed by atoms with E-state index in [4.69, 9.17) is 0 Å². The van der Waals surface area contributed by atoms with Crippen molar-refractivity contribution in [3.8, 4) is 0 Å². The number of pyridine rings is 1. The quantitative estimate of drug-likeness (QED) is 0.802. The van der Waals surface area contributed by atoms with Crippen LogP contribution in [0.1, 0.15) is 27.9 Å². The molecule has 2 aromatic heterocycles. The normalized spacial score (nSPS) is 10.5. The third-order valence-electron chi connectivity index (χ3n) is 2.49. The van der Waals surface area contributed by atoms with E-state index in [2.05, 4.69) is 20.9 Å². The highest BCUT2D eigenvalue weighted by Crippen LogP contribution is 2.21. The number of thiophene rings is 1. The molecule has 0 atom stereocenters. The lowest BCUT2D eigenvalue weighted by molar-refractivity contribution is 0.0988. The summed E-state index contributed by atoms with van der Waals surface area (Å²) in [6.07, 6.45) is 2.94. The average Bonchev–Trinajstić information content (AvgIpc) is 2.74. The zero-order valence-corrected chi connectivity index (χ0v) is 11.8. The number of nitrogens with zero attached hydrogens (tertiary/aromatic N) is 1. The Balaban J connectivity index is 2.20. The highest BCUT2D eigenvalue weighted by atomic mass is 79.9. The van der Waals surface area contributed by atoms with Crippen LogP contribution in [0.15, 0.2) is 34.2 Å². The first-order chi connectivity index (χ1) is 8.20. The minimum atomic E-state index is 0.0943. The molecule has 0 saturated heterocycles. The van der Waals surface area contributed by atoms with Gasteiger partial charge in [0.1, 0.15) is 5.69 Å². The topological polar surface area (TPSA) is 30.0 Å². The molecule has 0 aliphatic carbocycles. The predicted molar refractivity (Wildman–Crippen MR) is 73.7 cm³/mol. The minimum absolute atomic E-state index is 0.0943. The standard InChI is InChI=1S/C13H12BrNOS/c1-2-9-4-3-5-15-13(9)12(16)7-11-6-10(14)8-17-11/h3-6,8H,2,7H2,1H3. The summed E-state index contributed by atoms with van der Waals surface area (Å²) in [6.45, 7) is 2.04. The monoisotopic (exact) mass is 309 g/mol. The Kier molecular flexibility index (Phi) is 4.07.